The van der Waals surface area contributed by atoms with Crippen LogP contribution in [0.1, 0.15) is 30.9 Å². The second kappa shape index (κ2) is 6.94. The highest BCUT2D eigenvalue weighted by Gasteiger charge is 2.24. The fourth-order valence-electron chi connectivity index (χ4n) is 3.64. The molecule has 4 heterocycles. The molecule has 0 amide bonds. The van der Waals surface area contributed by atoms with E-state index < -0.39 is 0 Å². The Hall–Kier alpha value is -3.03. The maximum Gasteiger partial charge on any atom is 0.175 e. The van der Waals surface area contributed by atoms with E-state index >= 15 is 0 Å². The van der Waals surface area contributed by atoms with Crippen molar-refractivity contribution in [1.82, 2.24) is 29.9 Å². The van der Waals surface area contributed by atoms with Crippen LogP contribution >= 0.6 is 0 Å². The Kier molecular flexibility index (Phi) is 4.16. The van der Waals surface area contributed by atoms with Crippen molar-refractivity contribution >= 4 is 11.6 Å². The van der Waals surface area contributed by atoms with Gasteiger partial charge in [-0.25, -0.2) is 14.6 Å². The zero-order valence-corrected chi connectivity index (χ0v) is 15.1. The summed E-state index contributed by atoms with van der Waals surface area (Å²) in [5, 5.41) is 12.9. The summed E-state index contributed by atoms with van der Waals surface area (Å²) in [7, 11) is 0. The smallest absolute Gasteiger partial charge is 0.175 e. The maximum atomic E-state index is 4.50. The summed E-state index contributed by atoms with van der Waals surface area (Å²) in [6.07, 6.45) is 9.16. The molecule has 0 N–H and O–H groups in total. The third-order valence-electron chi connectivity index (χ3n) is 5.50. The van der Waals surface area contributed by atoms with Gasteiger partial charge >= 0.3 is 0 Å². The van der Waals surface area contributed by atoms with Crippen molar-refractivity contribution in [2.45, 2.75) is 25.2 Å². The minimum atomic E-state index is 0.636. The molecule has 3 aromatic rings. The number of rotatable bonds is 4. The number of hydrogen-bond acceptors (Lipinski definition) is 7. The Morgan fingerprint density at radius 3 is 2.22 bits per heavy atom. The first-order valence-corrected chi connectivity index (χ1v) is 9.52. The molecule has 1 saturated heterocycles. The predicted octanol–water partition coefficient (Wildman–Crippen LogP) is 2.05. The summed E-state index contributed by atoms with van der Waals surface area (Å²) in [6, 6.07) is 8.02. The summed E-state index contributed by atoms with van der Waals surface area (Å²) in [6.45, 7) is 3.64. The van der Waals surface area contributed by atoms with Crippen molar-refractivity contribution in [3.63, 3.8) is 0 Å². The molecule has 5 rings (SSSR count). The summed E-state index contributed by atoms with van der Waals surface area (Å²) >= 11 is 0. The number of hydrogen-bond donors (Lipinski definition) is 0. The van der Waals surface area contributed by atoms with Crippen LogP contribution in [0.2, 0.25) is 0 Å². The van der Waals surface area contributed by atoms with Gasteiger partial charge in [0.1, 0.15) is 12.1 Å². The lowest BCUT2D eigenvalue weighted by Crippen LogP contribution is -2.47. The van der Waals surface area contributed by atoms with Crippen molar-refractivity contribution in [3.8, 4) is 5.82 Å². The molecule has 1 aliphatic carbocycles. The first-order valence-electron chi connectivity index (χ1n) is 9.52. The van der Waals surface area contributed by atoms with Crippen molar-refractivity contribution in [1.29, 1.82) is 0 Å². The third kappa shape index (κ3) is 3.22. The molecular weight excluding hydrogens is 340 g/mol. The molecule has 0 bridgehead atoms. The molecule has 0 radical (unpaired) electrons. The zero-order valence-electron chi connectivity index (χ0n) is 15.1. The second-order valence-electron chi connectivity index (χ2n) is 7.10. The Morgan fingerprint density at radius 2 is 1.59 bits per heavy atom. The van der Waals surface area contributed by atoms with E-state index in [0.717, 1.165) is 43.6 Å². The SMILES string of the molecule is c1cnn(-c2ccc(N3CCN(c4cc(C5CCC5)ncn4)CC3)nn2)c1. The van der Waals surface area contributed by atoms with Gasteiger partial charge in [-0.05, 0) is 31.0 Å². The topological polar surface area (TPSA) is 75.9 Å². The minimum Gasteiger partial charge on any atom is -0.353 e. The molecule has 27 heavy (non-hydrogen) atoms. The minimum absolute atomic E-state index is 0.636. The van der Waals surface area contributed by atoms with Gasteiger partial charge in [-0.3, -0.25) is 0 Å². The molecule has 3 aromatic heterocycles. The third-order valence-corrected chi connectivity index (χ3v) is 5.50. The van der Waals surface area contributed by atoms with Crippen LogP contribution in [0.5, 0.6) is 0 Å². The van der Waals surface area contributed by atoms with Gasteiger partial charge in [0.25, 0.3) is 0 Å². The monoisotopic (exact) mass is 362 g/mol. The van der Waals surface area contributed by atoms with E-state index in [1.165, 1.54) is 25.0 Å². The Bertz CT molecular complexity index is 880. The maximum absolute atomic E-state index is 4.50. The molecule has 2 fully saturated rings. The van der Waals surface area contributed by atoms with Crippen molar-refractivity contribution < 1.29 is 0 Å². The number of piperazine rings is 1. The van der Waals surface area contributed by atoms with Gasteiger partial charge in [0.2, 0.25) is 0 Å². The van der Waals surface area contributed by atoms with E-state index in [0.29, 0.717) is 5.92 Å². The summed E-state index contributed by atoms with van der Waals surface area (Å²) in [5.41, 5.74) is 1.20. The van der Waals surface area contributed by atoms with Crippen LogP contribution in [0.25, 0.3) is 5.82 Å². The summed E-state index contributed by atoms with van der Waals surface area (Å²) in [5.74, 6) is 3.32. The van der Waals surface area contributed by atoms with Gasteiger partial charge < -0.3 is 9.80 Å². The summed E-state index contributed by atoms with van der Waals surface area (Å²) < 4.78 is 1.71. The molecular formula is C19H22N8. The number of nitrogens with zero attached hydrogens (tertiary/aromatic N) is 8. The fourth-order valence-corrected chi connectivity index (χ4v) is 3.64. The van der Waals surface area contributed by atoms with Crippen LogP contribution < -0.4 is 9.80 Å². The van der Waals surface area contributed by atoms with Gasteiger partial charge in [-0.15, -0.1) is 10.2 Å². The Labute approximate surface area is 157 Å². The first-order chi connectivity index (χ1) is 13.4. The summed E-state index contributed by atoms with van der Waals surface area (Å²) in [4.78, 5) is 13.6. The van der Waals surface area contributed by atoms with E-state index in [2.05, 4.69) is 41.1 Å². The molecule has 0 spiro atoms. The zero-order chi connectivity index (χ0) is 18.1. The van der Waals surface area contributed by atoms with Crippen LogP contribution in [-0.2, 0) is 0 Å². The highest BCUT2D eigenvalue weighted by Crippen LogP contribution is 2.35. The molecule has 8 nitrogen and oxygen atoms in total. The Balaban J connectivity index is 1.24. The molecule has 1 aliphatic heterocycles. The van der Waals surface area contributed by atoms with E-state index in [1.807, 2.05) is 24.4 Å². The van der Waals surface area contributed by atoms with E-state index in [9.17, 15) is 0 Å². The highest BCUT2D eigenvalue weighted by atomic mass is 15.4. The van der Waals surface area contributed by atoms with E-state index in [-0.39, 0.29) is 0 Å². The van der Waals surface area contributed by atoms with Gasteiger partial charge in [-0.1, -0.05) is 6.42 Å². The average molecular weight is 362 g/mol. The largest absolute Gasteiger partial charge is 0.353 e. The Morgan fingerprint density at radius 1 is 0.852 bits per heavy atom. The lowest BCUT2D eigenvalue weighted by atomic mass is 9.83. The molecule has 1 saturated carbocycles. The molecule has 2 aliphatic rings. The standard InChI is InChI=1S/C19H22N8/c1-3-15(4-1)16-13-19(21-14-20-16)26-11-9-25(10-12-26)17-5-6-18(24-23-17)27-8-2-7-22-27/h2,5-8,13-15H,1,3-4,9-12H2. The number of aromatic nitrogens is 6. The van der Waals surface area contributed by atoms with Crippen LogP contribution in [0.3, 0.4) is 0 Å². The van der Waals surface area contributed by atoms with Crippen LogP contribution in [0, 0.1) is 0 Å². The lowest BCUT2D eigenvalue weighted by molar-refractivity contribution is 0.410. The first kappa shape index (κ1) is 16.2. The molecule has 8 heteroatoms. The highest BCUT2D eigenvalue weighted by molar-refractivity contribution is 5.45. The predicted molar refractivity (Wildman–Crippen MR) is 102 cm³/mol. The lowest BCUT2D eigenvalue weighted by Gasteiger charge is -2.36. The molecule has 0 aromatic carbocycles. The van der Waals surface area contributed by atoms with Crippen molar-refractivity contribution in [3.05, 3.63) is 48.7 Å². The molecule has 138 valence electrons. The van der Waals surface area contributed by atoms with Gasteiger partial charge in [0.15, 0.2) is 11.6 Å². The quantitative estimate of drug-likeness (QED) is 0.703. The molecule has 0 atom stereocenters. The van der Waals surface area contributed by atoms with Crippen LogP contribution in [0.4, 0.5) is 11.6 Å². The van der Waals surface area contributed by atoms with E-state index in [1.54, 1.807) is 17.2 Å². The van der Waals surface area contributed by atoms with Crippen LogP contribution in [0.15, 0.2) is 43.0 Å². The molecule has 0 unspecified atom stereocenters. The average Bonchev–Trinajstić information content (AvgIpc) is 3.22. The van der Waals surface area contributed by atoms with E-state index in [4.69, 9.17) is 0 Å². The fraction of sp³-hybridized carbons (Fsp3) is 0.421. The van der Waals surface area contributed by atoms with Gasteiger partial charge in [-0.2, -0.15) is 5.10 Å². The second-order valence-corrected chi connectivity index (χ2v) is 7.10. The van der Waals surface area contributed by atoms with Crippen LogP contribution in [-0.4, -0.2) is 56.1 Å². The van der Waals surface area contributed by atoms with Gasteiger partial charge in [0, 0.05) is 56.3 Å². The van der Waals surface area contributed by atoms with Crippen molar-refractivity contribution in [2.75, 3.05) is 36.0 Å². The van der Waals surface area contributed by atoms with Gasteiger partial charge in [0.05, 0.1) is 0 Å². The number of anilines is 2. The normalized spacial score (nSPS) is 17.8. The van der Waals surface area contributed by atoms with Crippen molar-refractivity contribution in [2.24, 2.45) is 0 Å².